The van der Waals surface area contributed by atoms with E-state index in [1.165, 1.54) is 0 Å². The third kappa shape index (κ3) is 1.90. The van der Waals surface area contributed by atoms with Crippen LogP contribution in [0.1, 0.15) is 5.56 Å². The molecule has 0 radical (unpaired) electrons. The molecule has 0 atom stereocenters. The summed E-state index contributed by atoms with van der Waals surface area (Å²) in [4.78, 5) is 15.6. The molecule has 2 aromatic heterocycles. The van der Waals surface area contributed by atoms with Gasteiger partial charge >= 0.3 is 0 Å². The Morgan fingerprint density at radius 1 is 1.26 bits per heavy atom. The first kappa shape index (κ1) is 11.9. The Labute approximate surface area is 114 Å². The quantitative estimate of drug-likeness (QED) is 0.650. The maximum Gasteiger partial charge on any atom is 0.209 e. The Hall–Kier alpha value is -2.20. The molecule has 0 fully saturated rings. The van der Waals surface area contributed by atoms with Gasteiger partial charge in [0, 0.05) is 16.8 Å². The molecule has 0 aliphatic carbocycles. The monoisotopic (exact) mass is 271 g/mol. The highest BCUT2D eigenvalue weighted by Gasteiger charge is 2.16. The highest BCUT2D eigenvalue weighted by molar-refractivity contribution is 6.30. The van der Waals surface area contributed by atoms with E-state index in [1.807, 2.05) is 37.3 Å². The van der Waals surface area contributed by atoms with Crippen molar-refractivity contribution in [3.63, 3.8) is 0 Å². The normalized spacial score (nSPS) is 10.8. The number of nitrogens with zero attached hydrogens (tertiary/aromatic N) is 3. The number of pyridine rings is 1. The summed E-state index contributed by atoms with van der Waals surface area (Å²) in [6, 6.07) is 11.0. The minimum atomic E-state index is 0.293. The van der Waals surface area contributed by atoms with E-state index in [0.717, 1.165) is 11.1 Å². The standard InChI is InChI=1S/C14H10ClN3O/c1-9-5-6-10(15)8-11(9)13-14(17-19)18-7-3-2-4-12(18)16-13/h2-8H,1H3. The average molecular weight is 272 g/mol. The molecule has 0 spiro atoms. The lowest BCUT2D eigenvalue weighted by molar-refractivity contribution is 1.16. The second-order valence-electron chi connectivity index (χ2n) is 4.26. The molecule has 0 amide bonds. The zero-order valence-electron chi connectivity index (χ0n) is 10.2. The van der Waals surface area contributed by atoms with Crippen molar-refractivity contribution in [2.24, 2.45) is 5.18 Å². The molecule has 5 heteroatoms. The van der Waals surface area contributed by atoms with Crippen molar-refractivity contribution in [1.82, 2.24) is 9.38 Å². The SMILES string of the molecule is Cc1ccc(Cl)cc1-c1nc2ccccn2c1N=O. The maximum absolute atomic E-state index is 11.1. The highest BCUT2D eigenvalue weighted by atomic mass is 35.5. The van der Waals surface area contributed by atoms with Gasteiger partial charge < -0.3 is 0 Å². The van der Waals surface area contributed by atoms with E-state index >= 15 is 0 Å². The molecule has 4 nitrogen and oxygen atoms in total. The maximum atomic E-state index is 11.1. The Bertz CT molecular complexity index is 779. The summed E-state index contributed by atoms with van der Waals surface area (Å²) in [6.45, 7) is 1.95. The van der Waals surface area contributed by atoms with Crippen molar-refractivity contribution in [2.45, 2.75) is 6.92 Å². The van der Waals surface area contributed by atoms with Crippen LogP contribution in [0.3, 0.4) is 0 Å². The van der Waals surface area contributed by atoms with Crippen molar-refractivity contribution in [1.29, 1.82) is 0 Å². The molecule has 3 rings (SSSR count). The molecule has 0 unspecified atom stereocenters. The van der Waals surface area contributed by atoms with Crippen molar-refractivity contribution < 1.29 is 0 Å². The molecule has 0 saturated heterocycles. The number of benzene rings is 1. The third-order valence-electron chi connectivity index (χ3n) is 3.05. The van der Waals surface area contributed by atoms with Gasteiger partial charge in [-0.25, -0.2) is 4.98 Å². The van der Waals surface area contributed by atoms with E-state index < -0.39 is 0 Å². The van der Waals surface area contributed by atoms with Crippen LogP contribution in [0.15, 0.2) is 47.8 Å². The molecule has 2 heterocycles. The molecule has 1 aromatic carbocycles. The van der Waals surface area contributed by atoms with Crippen molar-refractivity contribution in [3.8, 4) is 11.3 Å². The molecule has 0 saturated carbocycles. The predicted molar refractivity (Wildman–Crippen MR) is 75.8 cm³/mol. The number of hydrogen-bond acceptors (Lipinski definition) is 3. The van der Waals surface area contributed by atoms with E-state index in [0.29, 0.717) is 22.2 Å². The van der Waals surface area contributed by atoms with Gasteiger partial charge in [-0.2, -0.15) is 0 Å². The van der Waals surface area contributed by atoms with Gasteiger partial charge in [-0.1, -0.05) is 23.7 Å². The summed E-state index contributed by atoms with van der Waals surface area (Å²) in [7, 11) is 0. The average Bonchev–Trinajstić information content (AvgIpc) is 2.79. The van der Waals surface area contributed by atoms with Crippen LogP contribution in [0.4, 0.5) is 5.82 Å². The summed E-state index contributed by atoms with van der Waals surface area (Å²) in [5.74, 6) is 0.293. The van der Waals surface area contributed by atoms with Gasteiger partial charge in [0.1, 0.15) is 11.3 Å². The van der Waals surface area contributed by atoms with Crippen LogP contribution in [0.25, 0.3) is 16.9 Å². The topological polar surface area (TPSA) is 46.7 Å². The number of nitroso groups, excluding NO2 is 1. The first-order valence-electron chi connectivity index (χ1n) is 5.77. The number of imidazole rings is 1. The first-order valence-corrected chi connectivity index (χ1v) is 6.15. The Kier molecular flexibility index (Phi) is 2.80. The van der Waals surface area contributed by atoms with Crippen LogP contribution >= 0.6 is 11.6 Å². The van der Waals surface area contributed by atoms with Crippen molar-refractivity contribution >= 4 is 23.1 Å². The van der Waals surface area contributed by atoms with Gasteiger partial charge in [-0.05, 0) is 41.9 Å². The molecule has 0 aliphatic heterocycles. The minimum absolute atomic E-state index is 0.293. The summed E-state index contributed by atoms with van der Waals surface area (Å²) < 4.78 is 1.67. The van der Waals surface area contributed by atoms with Gasteiger partial charge in [0.25, 0.3) is 0 Å². The molecule has 3 aromatic rings. The fourth-order valence-electron chi connectivity index (χ4n) is 2.10. The Morgan fingerprint density at radius 2 is 2.11 bits per heavy atom. The molecule has 19 heavy (non-hydrogen) atoms. The fraction of sp³-hybridized carbons (Fsp3) is 0.0714. The van der Waals surface area contributed by atoms with Gasteiger partial charge in [0.05, 0.1) is 0 Å². The van der Waals surface area contributed by atoms with Crippen LogP contribution in [0, 0.1) is 11.8 Å². The third-order valence-corrected chi connectivity index (χ3v) is 3.28. The highest BCUT2D eigenvalue weighted by Crippen LogP contribution is 2.34. The summed E-state index contributed by atoms with van der Waals surface area (Å²) in [6.07, 6.45) is 1.77. The molecule has 94 valence electrons. The van der Waals surface area contributed by atoms with Gasteiger partial charge in [-0.3, -0.25) is 4.40 Å². The molecule has 0 bridgehead atoms. The molecular weight excluding hydrogens is 262 g/mol. The Balaban J connectivity index is 2.36. The number of halogens is 1. The van der Waals surface area contributed by atoms with Crippen LogP contribution in [-0.2, 0) is 0 Å². The van der Waals surface area contributed by atoms with Crippen LogP contribution in [0.5, 0.6) is 0 Å². The van der Waals surface area contributed by atoms with Crippen LogP contribution < -0.4 is 0 Å². The van der Waals surface area contributed by atoms with Gasteiger partial charge in [0.15, 0.2) is 0 Å². The summed E-state index contributed by atoms with van der Waals surface area (Å²) >= 11 is 6.02. The zero-order chi connectivity index (χ0) is 13.4. The predicted octanol–water partition coefficient (Wildman–Crippen LogP) is 4.36. The second-order valence-corrected chi connectivity index (χ2v) is 4.70. The lowest BCUT2D eigenvalue weighted by Crippen LogP contribution is -1.84. The van der Waals surface area contributed by atoms with E-state index in [2.05, 4.69) is 10.2 Å². The fourth-order valence-corrected chi connectivity index (χ4v) is 2.27. The lowest BCUT2D eigenvalue weighted by Gasteiger charge is -2.03. The Morgan fingerprint density at radius 3 is 2.89 bits per heavy atom. The first-order chi connectivity index (χ1) is 9.20. The summed E-state index contributed by atoms with van der Waals surface area (Å²) in [5.41, 5.74) is 3.07. The van der Waals surface area contributed by atoms with Crippen LogP contribution in [-0.4, -0.2) is 9.38 Å². The van der Waals surface area contributed by atoms with E-state index in [4.69, 9.17) is 11.6 Å². The van der Waals surface area contributed by atoms with Crippen LogP contribution in [0.2, 0.25) is 5.02 Å². The van der Waals surface area contributed by atoms with Crippen molar-refractivity contribution in [2.75, 3.05) is 0 Å². The number of fused-ring (bicyclic) bond motifs is 1. The summed E-state index contributed by atoms with van der Waals surface area (Å²) in [5, 5.41) is 3.72. The van der Waals surface area contributed by atoms with E-state index in [9.17, 15) is 4.91 Å². The number of aromatic nitrogens is 2. The smallest absolute Gasteiger partial charge is 0.209 e. The van der Waals surface area contributed by atoms with E-state index in [-0.39, 0.29) is 0 Å². The van der Waals surface area contributed by atoms with E-state index in [1.54, 1.807) is 16.7 Å². The number of aryl methyl sites for hydroxylation is 1. The minimum Gasteiger partial charge on any atom is -0.281 e. The van der Waals surface area contributed by atoms with Gasteiger partial charge in [-0.15, -0.1) is 4.91 Å². The molecule has 0 aliphatic rings. The largest absolute Gasteiger partial charge is 0.281 e. The van der Waals surface area contributed by atoms with Crippen molar-refractivity contribution in [3.05, 3.63) is 58.1 Å². The number of rotatable bonds is 2. The van der Waals surface area contributed by atoms with Gasteiger partial charge in [0.2, 0.25) is 5.82 Å². The second kappa shape index (κ2) is 4.48. The number of hydrogen-bond donors (Lipinski definition) is 0. The molecular formula is C14H10ClN3O. The molecule has 0 N–H and O–H groups in total. The zero-order valence-corrected chi connectivity index (χ0v) is 10.9. The lowest BCUT2D eigenvalue weighted by atomic mass is 10.1.